The Kier molecular flexibility index (Phi) is 3.75. The van der Waals surface area contributed by atoms with Crippen molar-refractivity contribution in [2.24, 2.45) is 0 Å². The highest BCUT2D eigenvalue weighted by molar-refractivity contribution is 5.59. The lowest BCUT2D eigenvalue weighted by Gasteiger charge is -2.10. The normalized spacial score (nSPS) is 10.2. The average Bonchev–Trinajstić information content (AvgIpc) is 2.39. The summed E-state index contributed by atoms with van der Waals surface area (Å²) in [5, 5.41) is 14.1. The molecule has 0 aliphatic carbocycles. The summed E-state index contributed by atoms with van der Waals surface area (Å²) in [6, 6.07) is 6.98. The Balaban J connectivity index is 2.19. The number of hydrogen-bond acceptors (Lipinski definition) is 4. The van der Waals surface area contributed by atoms with Crippen LogP contribution in [0.25, 0.3) is 0 Å². The van der Waals surface area contributed by atoms with E-state index in [1.807, 2.05) is 19.1 Å². The quantitative estimate of drug-likeness (QED) is 0.674. The molecule has 0 aliphatic rings. The standard InChI is InChI=1S/C14H15N3O2/c1-10-6-7-15-8-12(10)9-16-13-4-3-5-14(11(13)2)17(18)19/h3-8,16H,9H2,1-2H3. The van der Waals surface area contributed by atoms with E-state index in [1.165, 1.54) is 6.07 Å². The highest BCUT2D eigenvalue weighted by atomic mass is 16.6. The van der Waals surface area contributed by atoms with Gasteiger partial charge in [0.15, 0.2) is 0 Å². The van der Waals surface area contributed by atoms with Crippen LogP contribution < -0.4 is 5.32 Å². The first-order chi connectivity index (χ1) is 9.09. The maximum Gasteiger partial charge on any atom is 0.274 e. The SMILES string of the molecule is Cc1ccncc1CNc1cccc([N+](=O)[O-])c1C. The predicted molar refractivity (Wildman–Crippen MR) is 74.1 cm³/mol. The van der Waals surface area contributed by atoms with Gasteiger partial charge in [-0.2, -0.15) is 0 Å². The van der Waals surface area contributed by atoms with Crippen molar-refractivity contribution >= 4 is 11.4 Å². The van der Waals surface area contributed by atoms with Gasteiger partial charge in [0.25, 0.3) is 5.69 Å². The number of nitro benzene ring substituents is 1. The van der Waals surface area contributed by atoms with Gasteiger partial charge in [-0.05, 0) is 37.1 Å². The third-order valence-electron chi connectivity index (χ3n) is 3.12. The second-order valence-electron chi connectivity index (χ2n) is 4.36. The second-order valence-corrected chi connectivity index (χ2v) is 4.36. The van der Waals surface area contributed by atoms with Gasteiger partial charge in [0, 0.05) is 36.3 Å². The molecule has 0 aliphatic heterocycles. The van der Waals surface area contributed by atoms with Crippen LogP contribution in [-0.2, 0) is 6.54 Å². The Bertz CT molecular complexity index is 611. The van der Waals surface area contributed by atoms with E-state index in [4.69, 9.17) is 0 Å². The molecule has 1 aromatic heterocycles. The molecule has 5 heteroatoms. The van der Waals surface area contributed by atoms with Gasteiger partial charge in [0.05, 0.1) is 4.92 Å². The zero-order chi connectivity index (χ0) is 13.8. The number of nitro groups is 1. The van der Waals surface area contributed by atoms with Crippen molar-refractivity contribution in [3.05, 3.63) is 63.5 Å². The molecule has 98 valence electrons. The maximum atomic E-state index is 10.9. The molecule has 0 radical (unpaired) electrons. The Morgan fingerprint density at radius 1 is 1.32 bits per heavy atom. The van der Waals surface area contributed by atoms with Crippen molar-refractivity contribution in [1.29, 1.82) is 0 Å². The number of nitrogens with zero attached hydrogens (tertiary/aromatic N) is 2. The highest BCUT2D eigenvalue weighted by Gasteiger charge is 2.12. The van der Waals surface area contributed by atoms with Crippen molar-refractivity contribution in [2.75, 3.05) is 5.32 Å². The average molecular weight is 257 g/mol. The topological polar surface area (TPSA) is 68.1 Å². The summed E-state index contributed by atoms with van der Waals surface area (Å²) in [5.74, 6) is 0. The molecular weight excluding hydrogens is 242 g/mol. The summed E-state index contributed by atoms with van der Waals surface area (Å²) < 4.78 is 0. The van der Waals surface area contributed by atoms with Crippen molar-refractivity contribution < 1.29 is 4.92 Å². The van der Waals surface area contributed by atoms with Crippen LogP contribution >= 0.6 is 0 Å². The van der Waals surface area contributed by atoms with Crippen molar-refractivity contribution in [2.45, 2.75) is 20.4 Å². The van der Waals surface area contributed by atoms with Crippen LogP contribution in [0.1, 0.15) is 16.7 Å². The van der Waals surface area contributed by atoms with Crippen LogP contribution in [0.4, 0.5) is 11.4 Å². The summed E-state index contributed by atoms with van der Waals surface area (Å²) in [4.78, 5) is 14.6. The predicted octanol–water partition coefficient (Wildman–Crippen LogP) is 3.22. The lowest BCUT2D eigenvalue weighted by Crippen LogP contribution is -2.04. The van der Waals surface area contributed by atoms with E-state index >= 15 is 0 Å². The molecule has 5 nitrogen and oxygen atoms in total. The number of pyridine rings is 1. The minimum absolute atomic E-state index is 0.132. The molecule has 1 aromatic carbocycles. The molecule has 1 N–H and O–H groups in total. The van der Waals surface area contributed by atoms with Gasteiger partial charge in [-0.25, -0.2) is 0 Å². The van der Waals surface area contributed by atoms with E-state index < -0.39 is 0 Å². The molecule has 2 aromatic rings. The molecule has 1 heterocycles. The molecule has 0 spiro atoms. The Labute approximate surface area is 111 Å². The second kappa shape index (κ2) is 5.48. The minimum Gasteiger partial charge on any atom is -0.380 e. The third-order valence-corrected chi connectivity index (χ3v) is 3.12. The fourth-order valence-corrected chi connectivity index (χ4v) is 1.88. The monoisotopic (exact) mass is 257 g/mol. The molecule has 0 amide bonds. The summed E-state index contributed by atoms with van der Waals surface area (Å²) in [6.07, 6.45) is 3.55. The molecule has 0 saturated heterocycles. The lowest BCUT2D eigenvalue weighted by molar-refractivity contribution is -0.385. The van der Waals surface area contributed by atoms with Gasteiger partial charge >= 0.3 is 0 Å². The van der Waals surface area contributed by atoms with Crippen molar-refractivity contribution in [3.8, 4) is 0 Å². The van der Waals surface area contributed by atoms with Crippen LogP contribution in [0.15, 0.2) is 36.7 Å². The van der Waals surface area contributed by atoms with Gasteiger partial charge < -0.3 is 5.32 Å². The van der Waals surface area contributed by atoms with Crippen LogP contribution in [0.5, 0.6) is 0 Å². The zero-order valence-electron chi connectivity index (χ0n) is 10.9. The number of aromatic nitrogens is 1. The van der Waals surface area contributed by atoms with Crippen LogP contribution in [-0.4, -0.2) is 9.91 Å². The van der Waals surface area contributed by atoms with Gasteiger partial charge in [-0.3, -0.25) is 15.1 Å². The number of hydrogen-bond donors (Lipinski definition) is 1. The molecule has 0 saturated carbocycles. The van der Waals surface area contributed by atoms with Crippen LogP contribution in [0.2, 0.25) is 0 Å². The van der Waals surface area contributed by atoms with Crippen LogP contribution in [0, 0.1) is 24.0 Å². The van der Waals surface area contributed by atoms with E-state index in [0.717, 1.165) is 16.8 Å². The van der Waals surface area contributed by atoms with Gasteiger partial charge in [0.2, 0.25) is 0 Å². The summed E-state index contributed by atoms with van der Waals surface area (Å²) in [6.45, 7) is 4.36. The largest absolute Gasteiger partial charge is 0.380 e. The molecule has 0 unspecified atom stereocenters. The molecule has 19 heavy (non-hydrogen) atoms. The lowest BCUT2D eigenvalue weighted by atomic mass is 10.1. The fourth-order valence-electron chi connectivity index (χ4n) is 1.88. The molecular formula is C14H15N3O2. The molecule has 0 atom stereocenters. The first-order valence-corrected chi connectivity index (χ1v) is 5.97. The highest BCUT2D eigenvalue weighted by Crippen LogP contribution is 2.25. The third kappa shape index (κ3) is 2.88. The Hall–Kier alpha value is -2.43. The van der Waals surface area contributed by atoms with E-state index in [9.17, 15) is 10.1 Å². The first-order valence-electron chi connectivity index (χ1n) is 5.97. The van der Waals surface area contributed by atoms with E-state index in [2.05, 4.69) is 10.3 Å². The van der Waals surface area contributed by atoms with Gasteiger partial charge in [-0.1, -0.05) is 6.07 Å². The number of anilines is 1. The number of aryl methyl sites for hydroxylation is 1. The Morgan fingerprint density at radius 2 is 2.11 bits per heavy atom. The molecule has 0 fully saturated rings. The summed E-state index contributed by atoms with van der Waals surface area (Å²) >= 11 is 0. The minimum atomic E-state index is -0.365. The number of benzene rings is 1. The number of rotatable bonds is 4. The molecule has 0 bridgehead atoms. The zero-order valence-corrected chi connectivity index (χ0v) is 10.9. The summed E-state index contributed by atoms with van der Waals surface area (Å²) in [5.41, 5.74) is 3.78. The Morgan fingerprint density at radius 3 is 2.79 bits per heavy atom. The van der Waals surface area contributed by atoms with E-state index in [0.29, 0.717) is 12.1 Å². The fraction of sp³-hybridized carbons (Fsp3) is 0.214. The van der Waals surface area contributed by atoms with E-state index in [-0.39, 0.29) is 10.6 Å². The molecule has 2 rings (SSSR count). The first kappa shape index (κ1) is 13.0. The smallest absolute Gasteiger partial charge is 0.274 e. The van der Waals surface area contributed by atoms with Gasteiger partial charge in [-0.15, -0.1) is 0 Å². The van der Waals surface area contributed by atoms with Gasteiger partial charge in [0.1, 0.15) is 0 Å². The number of nitrogens with one attached hydrogen (secondary N) is 1. The van der Waals surface area contributed by atoms with E-state index in [1.54, 1.807) is 25.4 Å². The summed E-state index contributed by atoms with van der Waals surface area (Å²) in [7, 11) is 0. The van der Waals surface area contributed by atoms with Crippen molar-refractivity contribution in [1.82, 2.24) is 4.98 Å². The van der Waals surface area contributed by atoms with Crippen molar-refractivity contribution in [3.63, 3.8) is 0 Å². The maximum absolute atomic E-state index is 10.9. The van der Waals surface area contributed by atoms with Crippen LogP contribution in [0.3, 0.4) is 0 Å².